The van der Waals surface area contributed by atoms with Gasteiger partial charge in [0.1, 0.15) is 11.9 Å². The lowest BCUT2D eigenvalue weighted by Gasteiger charge is -2.10. The summed E-state index contributed by atoms with van der Waals surface area (Å²) >= 11 is 1.25. The summed E-state index contributed by atoms with van der Waals surface area (Å²) in [6.07, 6.45) is 2.01. The average Bonchev–Trinajstić information content (AvgIpc) is 3.41. The number of nitrogens with zero attached hydrogens (tertiary/aromatic N) is 1. The van der Waals surface area contributed by atoms with Crippen LogP contribution in [0, 0.1) is 24.1 Å². The molecule has 1 aliphatic carbocycles. The van der Waals surface area contributed by atoms with Crippen LogP contribution in [0.2, 0.25) is 0 Å². The first-order valence-electron chi connectivity index (χ1n) is 9.47. The second-order valence-corrected chi connectivity index (χ2v) is 8.29. The van der Waals surface area contributed by atoms with E-state index in [9.17, 15) is 14.0 Å². The molecule has 2 aromatic carbocycles. The van der Waals surface area contributed by atoms with Gasteiger partial charge in [-0.2, -0.15) is 5.26 Å². The third-order valence-corrected chi connectivity index (χ3v) is 5.99. The first kappa shape index (κ1) is 19.8. The van der Waals surface area contributed by atoms with Crippen LogP contribution in [-0.2, 0) is 0 Å². The average molecular weight is 419 g/mol. The monoisotopic (exact) mass is 419 g/mol. The summed E-state index contributed by atoms with van der Waals surface area (Å²) in [6, 6.07) is 15.0. The Balaban J connectivity index is 1.52. The van der Waals surface area contributed by atoms with E-state index in [1.54, 1.807) is 36.4 Å². The fourth-order valence-corrected chi connectivity index (χ4v) is 3.86. The number of hydrogen-bond donors (Lipinski definition) is 2. The highest BCUT2D eigenvalue weighted by Gasteiger charge is 2.24. The van der Waals surface area contributed by atoms with Crippen molar-refractivity contribution in [1.29, 1.82) is 5.26 Å². The van der Waals surface area contributed by atoms with Gasteiger partial charge in [-0.15, -0.1) is 11.3 Å². The first-order valence-corrected chi connectivity index (χ1v) is 10.3. The molecule has 4 rings (SSSR count). The Labute approximate surface area is 177 Å². The van der Waals surface area contributed by atoms with Crippen molar-refractivity contribution in [2.75, 3.05) is 5.32 Å². The van der Waals surface area contributed by atoms with Gasteiger partial charge in [0.05, 0.1) is 10.4 Å². The normalized spacial score (nSPS) is 12.8. The molecule has 0 saturated heterocycles. The topological polar surface area (TPSA) is 82.0 Å². The van der Waals surface area contributed by atoms with Crippen LogP contribution in [0.15, 0.2) is 48.5 Å². The van der Waals surface area contributed by atoms with Crippen molar-refractivity contribution in [3.63, 3.8) is 0 Å². The number of rotatable bonds is 5. The Bertz CT molecular complexity index is 1190. The van der Waals surface area contributed by atoms with Gasteiger partial charge in [-0.1, -0.05) is 12.1 Å². The summed E-state index contributed by atoms with van der Waals surface area (Å²) < 4.78 is 13.6. The van der Waals surface area contributed by atoms with Crippen LogP contribution in [0.4, 0.5) is 10.1 Å². The van der Waals surface area contributed by atoms with Gasteiger partial charge in [-0.25, -0.2) is 4.39 Å². The molecule has 1 aliphatic rings. The highest BCUT2D eigenvalue weighted by molar-refractivity contribution is 7.17. The molecule has 0 spiro atoms. The SMILES string of the molecule is Cc1ccc(C(=O)NC2CC2)cc1NC(=O)c1ccc(-c2ccc(F)c(C#N)c2)s1. The number of halogens is 1. The van der Waals surface area contributed by atoms with Gasteiger partial charge in [0, 0.05) is 22.2 Å². The number of anilines is 1. The van der Waals surface area contributed by atoms with Crippen molar-refractivity contribution in [3.05, 3.63) is 75.9 Å². The van der Waals surface area contributed by atoms with Gasteiger partial charge in [0.2, 0.25) is 0 Å². The van der Waals surface area contributed by atoms with Crippen molar-refractivity contribution in [1.82, 2.24) is 5.32 Å². The number of carbonyl (C=O) groups is 2. The maximum absolute atomic E-state index is 13.6. The Kier molecular flexibility index (Phi) is 5.34. The molecule has 3 aromatic rings. The van der Waals surface area contributed by atoms with E-state index in [-0.39, 0.29) is 23.4 Å². The first-order chi connectivity index (χ1) is 14.4. The van der Waals surface area contributed by atoms with Crippen molar-refractivity contribution in [2.45, 2.75) is 25.8 Å². The molecule has 0 radical (unpaired) electrons. The van der Waals surface area contributed by atoms with E-state index >= 15 is 0 Å². The molecule has 150 valence electrons. The second kappa shape index (κ2) is 8.09. The summed E-state index contributed by atoms with van der Waals surface area (Å²) in [6.45, 7) is 1.86. The van der Waals surface area contributed by atoms with Gasteiger partial charge >= 0.3 is 0 Å². The smallest absolute Gasteiger partial charge is 0.265 e. The lowest BCUT2D eigenvalue weighted by Crippen LogP contribution is -2.25. The minimum atomic E-state index is -0.572. The van der Waals surface area contributed by atoms with E-state index in [0.29, 0.717) is 21.7 Å². The number of nitriles is 1. The molecule has 2 amide bonds. The van der Waals surface area contributed by atoms with Gasteiger partial charge < -0.3 is 10.6 Å². The van der Waals surface area contributed by atoms with Crippen LogP contribution < -0.4 is 10.6 Å². The van der Waals surface area contributed by atoms with Gasteiger partial charge in [0.25, 0.3) is 11.8 Å². The summed E-state index contributed by atoms with van der Waals surface area (Å²) in [5.74, 6) is -1.01. The summed E-state index contributed by atoms with van der Waals surface area (Å²) in [5.41, 5.74) is 2.56. The standard InChI is InChI=1S/C23H18FN3O2S/c1-13-2-3-15(22(28)26-17-5-6-17)11-19(13)27-23(29)21-9-8-20(30-21)14-4-7-18(24)16(10-14)12-25/h2-4,7-11,17H,5-6H2,1H3,(H,26,28)(H,27,29). The van der Waals surface area contributed by atoms with E-state index in [4.69, 9.17) is 5.26 Å². The Morgan fingerprint density at radius 3 is 2.63 bits per heavy atom. The van der Waals surface area contributed by atoms with Crippen LogP contribution in [-0.4, -0.2) is 17.9 Å². The molecule has 30 heavy (non-hydrogen) atoms. The minimum Gasteiger partial charge on any atom is -0.349 e. The largest absolute Gasteiger partial charge is 0.349 e. The molecule has 1 saturated carbocycles. The zero-order chi connectivity index (χ0) is 21.3. The zero-order valence-corrected chi connectivity index (χ0v) is 17.0. The summed E-state index contributed by atoms with van der Waals surface area (Å²) in [4.78, 5) is 26.3. The van der Waals surface area contributed by atoms with E-state index < -0.39 is 5.82 Å². The maximum atomic E-state index is 13.6. The molecule has 1 fully saturated rings. The quantitative estimate of drug-likeness (QED) is 0.618. The number of thiophene rings is 1. The van der Waals surface area contributed by atoms with Gasteiger partial charge in [-0.3, -0.25) is 9.59 Å². The number of nitrogens with one attached hydrogen (secondary N) is 2. The van der Waals surface area contributed by atoms with Crippen LogP contribution in [0.1, 0.15) is 44.0 Å². The predicted molar refractivity (Wildman–Crippen MR) is 114 cm³/mol. The summed E-state index contributed by atoms with van der Waals surface area (Å²) in [5, 5.41) is 14.8. The predicted octanol–water partition coefficient (Wildman–Crippen LogP) is 4.88. The molecule has 0 aliphatic heterocycles. The number of aryl methyl sites for hydroxylation is 1. The number of amides is 2. The molecule has 0 atom stereocenters. The van der Waals surface area contributed by atoms with Gasteiger partial charge in [-0.05, 0) is 67.3 Å². The lowest BCUT2D eigenvalue weighted by molar-refractivity contribution is 0.0949. The second-order valence-electron chi connectivity index (χ2n) is 7.20. The third kappa shape index (κ3) is 4.24. The molecule has 5 nitrogen and oxygen atoms in total. The Hall–Kier alpha value is -3.50. The van der Waals surface area contributed by atoms with Crippen molar-refractivity contribution < 1.29 is 14.0 Å². The summed E-state index contributed by atoms with van der Waals surface area (Å²) in [7, 11) is 0. The van der Waals surface area contributed by atoms with Crippen molar-refractivity contribution in [2.24, 2.45) is 0 Å². The van der Waals surface area contributed by atoms with E-state index in [2.05, 4.69) is 10.6 Å². The lowest BCUT2D eigenvalue weighted by atomic mass is 10.1. The highest BCUT2D eigenvalue weighted by atomic mass is 32.1. The maximum Gasteiger partial charge on any atom is 0.265 e. The van der Waals surface area contributed by atoms with Crippen LogP contribution in [0.25, 0.3) is 10.4 Å². The van der Waals surface area contributed by atoms with Crippen LogP contribution in [0.3, 0.4) is 0 Å². The molecular weight excluding hydrogens is 401 g/mol. The van der Waals surface area contributed by atoms with Gasteiger partial charge in [0.15, 0.2) is 0 Å². The van der Waals surface area contributed by atoms with E-state index in [1.165, 1.54) is 23.5 Å². The van der Waals surface area contributed by atoms with Crippen molar-refractivity contribution in [3.8, 4) is 16.5 Å². The molecule has 1 heterocycles. The molecule has 0 bridgehead atoms. The zero-order valence-electron chi connectivity index (χ0n) is 16.2. The van der Waals surface area contributed by atoms with Crippen LogP contribution >= 0.6 is 11.3 Å². The number of benzene rings is 2. The minimum absolute atomic E-state index is 0.0381. The molecule has 2 N–H and O–H groups in total. The fourth-order valence-electron chi connectivity index (χ4n) is 2.96. The fraction of sp³-hybridized carbons (Fsp3) is 0.174. The Morgan fingerprint density at radius 1 is 1.10 bits per heavy atom. The third-order valence-electron chi connectivity index (χ3n) is 4.86. The molecular formula is C23H18FN3O2S. The molecule has 1 aromatic heterocycles. The molecule has 0 unspecified atom stereocenters. The van der Waals surface area contributed by atoms with Crippen molar-refractivity contribution >= 4 is 28.8 Å². The molecule has 7 heteroatoms. The number of hydrogen-bond acceptors (Lipinski definition) is 4. The highest BCUT2D eigenvalue weighted by Crippen LogP contribution is 2.30. The van der Waals surface area contributed by atoms with E-state index in [1.807, 2.05) is 13.0 Å². The Morgan fingerprint density at radius 2 is 1.90 bits per heavy atom. The van der Waals surface area contributed by atoms with Crippen LogP contribution in [0.5, 0.6) is 0 Å². The van der Waals surface area contributed by atoms with E-state index in [0.717, 1.165) is 23.3 Å². The number of carbonyl (C=O) groups excluding carboxylic acids is 2.